The summed E-state index contributed by atoms with van der Waals surface area (Å²) < 4.78 is 1.74. The zero-order chi connectivity index (χ0) is 19.6. The van der Waals surface area contributed by atoms with Crippen LogP contribution in [-0.4, -0.2) is 62.5 Å². The van der Waals surface area contributed by atoms with Crippen LogP contribution < -0.4 is 5.32 Å². The topological polar surface area (TPSA) is 100 Å². The molecule has 0 unspecified atom stereocenters. The van der Waals surface area contributed by atoms with Crippen molar-refractivity contribution in [3.8, 4) is 5.82 Å². The van der Waals surface area contributed by atoms with Crippen molar-refractivity contribution >= 4 is 23.5 Å². The lowest BCUT2D eigenvalue weighted by atomic mass is 10.2. The van der Waals surface area contributed by atoms with Gasteiger partial charge in [0.1, 0.15) is 6.54 Å². The highest BCUT2D eigenvalue weighted by Gasteiger charge is 2.32. The summed E-state index contributed by atoms with van der Waals surface area (Å²) in [5, 5.41) is 7.14. The number of carbonyl (C=O) groups is 3. The predicted octanol–water partition coefficient (Wildman–Crippen LogP) is 1.50. The van der Waals surface area contributed by atoms with Crippen LogP contribution in [0.2, 0.25) is 0 Å². The first-order valence-electron chi connectivity index (χ1n) is 8.70. The van der Waals surface area contributed by atoms with Crippen molar-refractivity contribution in [3.63, 3.8) is 0 Å². The van der Waals surface area contributed by atoms with E-state index in [4.69, 9.17) is 0 Å². The molecule has 1 N–H and O–H groups in total. The van der Waals surface area contributed by atoms with Gasteiger partial charge in [0.05, 0.1) is 17.6 Å². The lowest BCUT2D eigenvalue weighted by Gasteiger charge is -2.13. The molecule has 1 aliphatic rings. The molecule has 2 aromatic rings. The Kier molecular flexibility index (Phi) is 5.20. The van der Waals surface area contributed by atoms with E-state index in [0.29, 0.717) is 17.9 Å². The number of urea groups is 1. The first-order chi connectivity index (χ1) is 12.8. The van der Waals surface area contributed by atoms with Crippen LogP contribution in [-0.2, 0) is 9.59 Å². The number of pyridine rings is 1. The summed E-state index contributed by atoms with van der Waals surface area (Å²) >= 11 is 0. The van der Waals surface area contributed by atoms with Crippen LogP contribution in [0.1, 0.15) is 24.2 Å². The second-order valence-corrected chi connectivity index (χ2v) is 6.58. The fourth-order valence-corrected chi connectivity index (χ4v) is 2.96. The maximum absolute atomic E-state index is 12.1. The van der Waals surface area contributed by atoms with E-state index >= 15 is 0 Å². The van der Waals surface area contributed by atoms with Gasteiger partial charge in [-0.3, -0.25) is 14.5 Å². The second kappa shape index (κ2) is 7.56. The smallest absolute Gasteiger partial charge is 0.325 e. The largest absolute Gasteiger partial charge is 0.326 e. The predicted molar refractivity (Wildman–Crippen MR) is 98.4 cm³/mol. The lowest BCUT2D eigenvalue weighted by Crippen LogP contribution is -2.32. The number of aromatic nitrogens is 3. The number of nitrogens with one attached hydrogen (secondary N) is 1. The Morgan fingerprint density at radius 1 is 1.26 bits per heavy atom. The molecule has 0 bridgehead atoms. The normalized spacial score (nSPS) is 14.2. The van der Waals surface area contributed by atoms with Crippen molar-refractivity contribution in [3.05, 3.63) is 35.8 Å². The van der Waals surface area contributed by atoms with Gasteiger partial charge in [-0.15, -0.1) is 0 Å². The molecule has 1 aliphatic heterocycles. The number of likely N-dealkylation sites (N-methyl/N-ethyl adjacent to an activating group) is 1. The van der Waals surface area contributed by atoms with Crippen LogP contribution in [0.15, 0.2) is 24.4 Å². The number of hydrogen-bond acceptors (Lipinski definition) is 5. The Labute approximate surface area is 157 Å². The number of imide groups is 1. The standard InChI is InChI=1S/C18H22N6O3/c1-12-9-13(2)24(21-12)15-7-6-14(10-19-15)20-16(25)5-4-8-23-17(26)11-22(3)18(23)27/h6-7,9-10H,4-5,8,11H2,1-3H3,(H,20,25). The molecule has 142 valence electrons. The third-order valence-electron chi connectivity index (χ3n) is 4.27. The Balaban J connectivity index is 1.50. The van der Waals surface area contributed by atoms with E-state index in [1.54, 1.807) is 30.1 Å². The van der Waals surface area contributed by atoms with E-state index in [9.17, 15) is 14.4 Å². The van der Waals surface area contributed by atoms with Gasteiger partial charge in [0, 0.05) is 25.7 Å². The van der Waals surface area contributed by atoms with E-state index in [1.807, 2.05) is 19.9 Å². The van der Waals surface area contributed by atoms with Gasteiger partial charge in [0.25, 0.3) is 0 Å². The Morgan fingerprint density at radius 3 is 2.59 bits per heavy atom. The van der Waals surface area contributed by atoms with Crippen LogP contribution in [0.5, 0.6) is 0 Å². The zero-order valence-electron chi connectivity index (χ0n) is 15.6. The molecule has 1 fully saturated rings. The number of amides is 4. The lowest BCUT2D eigenvalue weighted by molar-refractivity contribution is -0.125. The molecule has 9 nitrogen and oxygen atoms in total. The van der Waals surface area contributed by atoms with Crippen LogP contribution in [0.25, 0.3) is 5.82 Å². The number of anilines is 1. The monoisotopic (exact) mass is 370 g/mol. The summed E-state index contributed by atoms with van der Waals surface area (Å²) in [4.78, 5) is 42.4. The molecule has 0 saturated carbocycles. The molecule has 1 saturated heterocycles. The zero-order valence-corrected chi connectivity index (χ0v) is 15.6. The number of hydrogen-bond donors (Lipinski definition) is 1. The molecule has 9 heteroatoms. The number of nitrogens with zero attached hydrogens (tertiary/aromatic N) is 5. The molecule has 27 heavy (non-hydrogen) atoms. The van der Waals surface area contributed by atoms with Crippen molar-refractivity contribution in [1.82, 2.24) is 24.6 Å². The van der Waals surface area contributed by atoms with Gasteiger partial charge in [0.2, 0.25) is 11.8 Å². The third-order valence-corrected chi connectivity index (χ3v) is 4.27. The first kappa shape index (κ1) is 18.6. The van der Waals surface area contributed by atoms with E-state index in [1.165, 1.54) is 9.80 Å². The molecule has 4 amide bonds. The highest BCUT2D eigenvalue weighted by atomic mass is 16.2. The summed E-state index contributed by atoms with van der Waals surface area (Å²) in [5.41, 5.74) is 2.47. The van der Waals surface area contributed by atoms with E-state index in [2.05, 4.69) is 15.4 Å². The van der Waals surface area contributed by atoms with Crippen molar-refractivity contribution in [2.45, 2.75) is 26.7 Å². The molecule has 0 aromatic carbocycles. The molecule has 0 atom stereocenters. The highest BCUT2D eigenvalue weighted by molar-refractivity contribution is 6.01. The Bertz CT molecular complexity index is 874. The fourth-order valence-electron chi connectivity index (χ4n) is 2.96. The van der Waals surface area contributed by atoms with E-state index in [-0.39, 0.29) is 37.4 Å². The summed E-state index contributed by atoms with van der Waals surface area (Å²) in [7, 11) is 1.58. The average Bonchev–Trinajstić information content (AvgIpc) is 3.08. The molecule has 0 aliphatic carbocycles. The maximum Gasteiger partial charge on any atom is 0.326 e. The van der Waals surface area contributed by atoms with Gasteiger partial charge in [-0.25, -0.2) is 14.5 Å². The average molecular weight is 370 g/mol. The number of aryl methyl sites for hydroxylation is 2. The minimum absolute atomic E-state index is 0.0955. The van der Waals surface area contributed by atoms with E-state index < -0.39 is 0 Å². The second-order valence-electron chi connectivity index (χ2n) is 6.58. The van der Waals surface area contributed by atoms with Crippen LogP contribution in [0.4, 0.5) is 10.5 Å². The highest BCUT2D eigenvalue weighted by Crippen LogP contribution is 2.14. The molecule has 0 spiro atoms. The quantitative estimate of drug-likeness (QED) is 0.777. The summed E-state index contributed by atoms with van der Waals surface area (Å²) in [6.07, 6.45) is 2.20. The molecule has 3 heterocycles. The van der Waals surface area contributed by atoms with Crippen molar-refractivity contribution in [2.75, 3.05) is 25.5 Å². The number of rotatable bonds is 6. The molecule has 0 radical (unpaired) electrons. The molecular formula is C18H22N6O3. The summed E-state index contributed by atoms with van der Waals surface area (Å²) in [5.74, 6) is 0.253. The van der Waals surface area contributed by atoms with Gasteiger partial charge in [-0.05, 0) is 38.5 Å². The van der Waals surface area contributed by atoms with Gasteiger partial charge in [0.15, 0.2) is 5.82 Å². The van der Waals surface area contributed by atoms with E-state index in [0.717, 1.165) is 11.4 Å². The summed E-state index contributed by atoms with van der Waals surface area (Å²) in [6.45, 7) is 4.20. The Morgan fingerprint density at radius 2 is 2.04 bits per heavy atom. The van der Waals surface area contributed by atoms with Gasteiger partial charge < -0.3 is 10.2 Å². The van der Waals surface area contributed by atoms with Crippen molar-refractivity contribution in [1.29, 1.82) is 0 Å². The van der Waals surface area contributed by atoms with Crippen LogP contribution in [0, 0.1) is 13.8 Å². The Hall–Kier alpha value is -3.23. The van der Waals surface area contributed by atoms with Gasteiger partial charge in [-0.1, -0.05) is 0 Å². The maximum atomic E-state index is 12.1. The van der Waals surface area contributed by atoms with Crippen molar-refractivity contribution < 1.29 is 14.4 Å². The minimum Gasteiger partial charge on any atom is -0.325 e. The molecule has 3 rings (SSSR count). The van der Waals surface area contributed by atoms with Crippen LogP contribution >= 0.6 is 0 Å². The fraction of sp³-hybridized carbons (Fsp3) is 0.389. The summed E-state index contributed by atoms with van der Waals surface area (Å²) in [6, 6.07) is 5.20. The SMILES string of the molecule is Cc1cc(C)n(-c2ccc(NC(=O)CCCN3C(=O)CN(C)C3=O)cn2)n1. The molecule has 2 aromatic heterocycles. The minimum atomic E-state index is -0.315. The number of carbonyl (C=O) groups excluding carboxylic acids is 3. The van der Waals surface area contributed by atoms with Crippen molar-refractivity contribution in [2.24, 2.45) is 0 Å². The third kappa shape index (κ3) is 4.13. The van der Waals surface area contributed by atoms with Crippen LogP contribution in [0.3, 0.4) is 0 Å². The van der Waals surface area contributed by atoms with Gasteiger partial charge >= 0.3 is 6.03 Å². The first-order valence-corrected chi connectivity index (χ1v) is 8.70. The van der Waals surface area contributed by atoms with Gasteiger partial charge in [-0.2, -0.15) is 5.10 Å². The molecular weight excluding hydrogens is 348 g/mol.